The van der Waals surface area contributed by atoms with Gasteiger partial charge < -0.3 is 24.4 Å². The van der Waals surface area contributed by atoms with Crippen molar-refractivity contribution in [3.8, 4) is 17.6 Å². The van der Waals surface area contributed by atoms with E-state index in [0.717, 1.165) is 10.4 Å². The van der Waals surface area contributed by atoms with Gasteiger partial charge in [0.05, 0.1) is 18.7 Å². The van der Waals surface area contributed by atoms with E-state index in [4.69, 9.17) is 14.2 Å². The Hall–Kier alpha value is -3.25. The summed E-state index contributed by atoms with van der Waals surface area (Å²) >= 11 is 1.30. The fraction of sp³-hybridized carbons (Fsp3) is 0.350. The van der Waals surface area contributed by atoms with Gasteiger partial charge in [0.25, 0.3) is 5.91 Å². The van der Waals surface area contributed by atoms with Crippen LogP contribution >= 0.6 is 11.3 Å². The number of amides is 2. The van der Waals surface area contributed by atoms with Crippen LogP contribution < -0.4 is 14.8 Å². The van der Waals surface area contributed by atoms with Gasteiger partial charge in [-0.2, -0.15) is 5.26 Å². The summed E-state index contributed by atoms with van der Waals surface area (Å²) in [4.78, 5) is 27.2. The maximum absolute atomic E-state index is 12.7. The molecule has 4 rings (SSSR count). The number of nitrogens with one attached hydrogen (secondary N) is 1. The van der Waals surface area contributed by atoms with E-state index in [-0.39, 0.29) is 18.6 Å². The summed E-state index contributed by atoms with van der Waals surface area (Å²) in [5, 5.41) is 12.9. The highest BCUT2D eigenvalue weighted by Crippen LogP contribution is 2.37. The van der Waals surface area contributed by atoms with Gasteiger partial charge in [-0.3, -0.25) is 4.79 Å². The molecule has 0 bridgehead atoms. The lowest BCUT2D eigenvalue weighted by atomic mass is 10.0. The molecule has 2 aromatic rings. The number of carbonyl (C=O) groups excluding carboxylic acids is 2. The molecule has 0 aliphatic carbocycles. The first-order valence-corrected chi connectivity index (χ1v) is 10.1. The topological polar surface area (TPSA) is 101 Å². The van der Waals surface area contributed by atoms with E-state index in [9.17, 15) is 14.9 Å². The summed E-state index contributed by atoms with van der Waals surface area (Å²) < 4.78 is 16.4. The summed E-state index contributed by atoms with van der Waals surface area (Å²) in [6.07, 6.45) is -0.645. The van der Waals surface area contributed by atoms with Crippen LogP contribution in [0.25, 0.3) is 0 Å². The molecular weight excluding hydrogens is 394 g/mol. The van der Waals surface area contributed by atoms with Gasteiger partial charge in [-0.05, 0) is 31.0 Å². The van der Waals surface area contributed by atoms with E-state index in [1.54, 1.807) is 30.0 Å². The highest BCUT2D eigenvalue weighted by Gasteiger charge is 2.31. The number of carbonyl (C=O) groups is 2. The van der Waals surface area contributed by atoms with Crippen LogP contribution in [0.2, 0.25) is 0 Å². The quantitative estimate of drug-likeness (QED) is 0.830. The Labute approximate surface area is 171 Å². The molecule has 9 heteroatoms. The van der Waals surface area contributed by atoms with E-state index in [2.05, 4.69) is 11.4 Å². The van der Waals surface area contributed by atoms with Crippen LogP contribution in [0, 0.1) is 11.3 Å². The van der Waals surface area contributed by atoms with Crippen LogP contribution in [0.3, 0.4) is 0 Å². The number of ether oxygens (including phenoxy) is 3. The predicted octanol–water partition coefficient (Wildman–Crippen LogP) is 2.91. The summed E-state index contributed by atoms with van der Waals surface area (Å²) in [5.41, 5.74) is 1.32. The molecule has 0 spiro atoms. The lowest BCUT2D eigenvalue weighted by molar-refractivity contribution is -0.125. The molecule has 0 unspecified atom stereocenters. The van der Waals surface area contributed by atoms with Crippen molar-refractivity contribution in [3.05, 3.63) is 40.3 Å². The molecule has 1 atom stereocenters. The third-order valence-electron chi connectivity index (χ3n) is 4.73. The Bertz CT molecular complexity index is 996. The van der Waals surface area contributed by atoms with Crippen LogP contribution in [0.15, 0.2) is 24.3 Å². The Morgan fingerprint density at radius 3 is 2.93 bits per heavy atom. The van der Waals surface area contributed by atoms with Gasteiger partial charge in [-0.1, -0.05) is 12.1 Å². The molecule has 1 aromatic carbocycles. The van der Waals surface area contributed by atoms with Gasteiger partial charge in [-0.25, -0.2) is 4.79 Å². The average molecular weight is 413 g/mol. The SMILES string of the molecule is CCOC(=O)N1CCc2c(sc(NC(=O)[C@H]3COc4ccccc4O3)c2C#N)C1. The average Bonchev–Trinajstić information content (AvgIpc) is 3.09. The third kappa shape index (κ3) is 3.71. The van der Waals surface area contributed by atoms with Crippen LogP contribution in [0.4, 0.5) is 9.80 Å². The van der Waals surface area contributed by atoms with Crippen LogP contribution in [-0.4, -0.2) is 42.8 Å². The number of anilines is 1. The Morgan fingerprint density at radius 1 is 1.38 bits per heavy atom. The molecule has 29 heavy (non-hydrogen) atoms. The summed E-state index contributed by atoms with van der Waals surface area (Å²) in [7, 11) is 0. The maximum atomic E-state index is 12.7. The fourth-order valence-corrected chi connectivity index (χ4v) is 4.54. The second kappa shape index (κ2) is 8.01. The summed E-state index contributed by atoms with van der Waals surface area (Å²) in [5.74, 6) is 0.728. The molecule has 1 N–H and O–H groups in total. The first-order chi connectivity index (χ1) is 14.1. The Kier molecular flexibility index (Phi) is 5.27. The standard InChI is InChI=1S/C20H19N3O5S/c1-2-26-20(25)23-8-7-12-13(9-21)19(29-17(12)10-23)22-18(24)16-11-27-14-5-3-4-6-15(14)28-16/h3-6,16H,2,7-8,10-11H2,1H3,(H,22,24)/t16-/m1/s1. The highest BCUT2D eigenvalue weighted by molar-refractivity contribution is 7.16. The van der Waals surface area contributed by atoms with Gasteiger partial charge in [0, 0.05) is 11.4 Å². The minimum Gasteiger partial charge on any atom is -0.485 e. The van der Waals surface area contributed by atoms with Gasteiger partial charge in [-0.15, -0.1) is 11.3 Å². The second-order valence-corrected chi connectivity index (χ2v) is 7.65. The lowest BCUT2D eigenvalue weighted by Gasteiger charge is -2.25. The summed E-state index contributed by atoms with van der Waals surface area (Å²) in [6.45, 7) is 2.99. The first kappa shape index (κ1) is 19.1. The van der Waals surface area contributed by atoms with Crippen molar-refractivity contribution in [1.29, 1.82) is 5.26 Å². The smallest absolute Gasteiger partial charge is 0.410 e. The van der Waals surface area contributed by atoms with Crippen molar-refractivity contribution in [2.24, 2.45) is 0 Å². The van der Waals surface area contributed by atoms with Crippen LogP contribution in [-0.2, 0) is 22.5 Å². The predicted molar refractivity (Wildman–Crippen MR) is 105 cm³/mol. The van der Waals surface area contributed by atoms with E-state index >= 15 is 0 Å². The monoisotopic (exact) mass is 413 g/mol. The van der Waals surface area contributed by atoms with Gasteiger partial charge in [0.15, 0.2) is 11.5 Å². The number of nitriles is 1. The molecule has 2 aliphatic rings. The number of hydrogen-bond donors (Lipinski definition) is 1. The van der Waals surface area contributed by atoms with Gasteiger partial charge in [0.1, 0.15) is 17.7 Å². The third-order valence-corrected chi connectivity index (χ3v) is 5.86. The molecule has 0 fully saturated rings. The molecule has 1 aromatic heterocycles. The summed E-state index contributed by atoms with van der Waals surface area (Å²) in [6, 6.07) is 9.34. The number of rotatable bonds is 3. The molecule has 2 aliphatic heterocycles. The zero-order valence-corrected chi connectivity index (χ0v) is 16.6. The number of benzene rings is 1. The minimum absolute atomic E-state index is 0.0897. The van der Waals surface area contributed by atoms with E-state index in [0.29, 0.717) is 48.2 Å². The van der Waals surface area contributed by atoms with Crippen molar-refractivity contribution in [2.45, 2.75) is 26.0 Å². The second-order valence-electron chi connectivity index (χ2n) is 6.54. The first-order valence-electron chi connectivity index (χ1n) is 9.26. The van der Waals surface area contributed by atoms with Crippen LogP contribution in [0.1, 0.15) is 22.9 Å². The zero-order valence-electron chi connectivity index (χ0n) is 15.8. The van der Waals surface area contributed by atoms with Crippen molar-refractivity contribution < 1.29 is 23.8 Å². The fourth-order valence-electron chi connectivity index (χ4n) is 3.32. The molecule has 0 saturated heterocycles. The molecule has 8 nitrogen and oxygen atoms in total. The number of nitrogens with zero attached hydrogens (tertiary/aromatic N) is 2. The molecule has 0 radical (unpaired) electrons. The molecular formula is C20H19N3O5S. The highest BCUT2D eigenvalue weighted by atomic mass is 32.1. The van der Waals surface area contributed by atoms with Gasteiger partial charge in [0.2, 0.25) is 6.10 Å². The van der Waals surface area contributed by atoms with Crippen molar-refractivity contribution in [1.82, 2.24) is 4.90 Å². The Morgan fingerprint density at radius 2 is 2.17 bits per heavy atom. The molecule has 150 valence electrons. The normalized spacial score (nSPS) is 17.1. The molecule has 3 heterocycles. The van der Waals surface area contributed by atoms with Crippen molar-refractivity contribution >= 4 is 28.3 Å². The minimum atomic E-state index is -0.813. The number of para-hydroxylation sites is 2. The zero-order chi connectivity index (χ0) is 20.4. The Balaban J connectivity index is 1.49. The van der Waals surface area contributed by atoms with E-state index in [1.165, 1.54) is 11.3 Å². The molecule has 2 amide bonds. The van der Waals surface area contributed by atoms with Crippen molar-refractivity contribution in [3.63, 3.8) is 0 Å². The maximum Gasteiger partial charge on any atom is 0.410 e. The lowest BCUT2D eigenvalue weighted by Crippen LogP contribution is -2.40. The number of hydrogen-bond acceptors (Lipinski definition) is 7. The van der Waals surface area contributed by atoms with E-state index < -0.39 is 6.10 Å². The largest absolute Gasteiger partial charge is 0.485 e. The van der Waals surface area contributed by atoms with Crippen LogP contribution in [0.5, 0.6) is 11.5 Å². The van der Waals surface area contributed by atoms with Crippen molar-refractivity contribution in [2.75, 3.05) is 25.1 Å². The number of thiophene rings is 1. The molecule has 0 saturated carbocycles. The van der Waals surface area contributed by atoms with Gasteiger partial charge >= 0.3 is 6.09 Å². The number of fused-ring (bicyclic) bond motifs is 2. The van der Waals surface area contributed by atoms with E-state index in [1.807, 2.05) is 6.07 Å².